The van der Waals surface area contributed by atoms with Crippen molar-refractivity contribution in [1.82, 2.24) is 0 Å². The van der Waals surface area contributed by atoms with Gasteiger partial charge in [0, 0.05) is 5.75 Å². The van der Waals surface area contributed by atoms with E-state index >= 15 is 0 Å². The van der Waals surface area contributed by atoms with Crippen molar-refractivity contribution in [3.63, 3.8) is 0 Å². The smallest absolute Gasteiger partial charge is 0.281 e. The lowest BCUT2D eigenvalue weighted by Gasteiger charge is -2.29. The second kappa shape index (κ2) is 2.47. The second-order valence-corrected chi connectivity index (χ2v) is 3.13. The lowest BCUT2D eigenvalue weighted by Crippen LogP contribution is -2.44. The number of hydrogen-bond donors (Lipinski definition) is 1. The molecular formula is C5H6F2O2S. The number of alkyl halides is 2. The van der Waals surface area contributed by atoms with Gasteiger partial charge in [-0.2, -0.15) is 0 Å². The van der Waals surface area contributed by atoms with E-state index in [1.54, 1.807) is 0 Å². The molecule has 1 saturated heterocycles. The Balaban J connectivity index is 2.55. The normalized spacial score (nSPS) is 26.3. The zero-order valence-electron chi connectivity index (χ0n) is 5.01. The molecule has 58 valence electrons. The summed E-state index contributed by atoms with van der Waals surface area (Å²) in [6.45, 7) is -1.23. The number of thioether (sulfide) groups is 1. The topological polar surface area (TPSA) is 37.3 Å². The van der Waals surface area contributed by atoms with Gasteiger partial charge in [-0.25, -0.2) is 8.78 Å². The average Bonchev–Trinajstić information content (AvgIpc) is 1.84. The highest BCUT2D eigenvalue weighted by Crippen LogP contribution is 2.38. The largest absolute Gasteiger partial charge is 0.390 e. The van der Waals surface area contributed by atoms with Gasteiger partial charge in [-0.15, -0.1) is 0 Å². The molecule has 0 aliphatic carbocycles. The molecule has 0 saturated carbocycles. The zero-order valence-corrected chi connectivity index (χ0v) is 5.83. The molecule has 0 aromatic carbocycles. The van der Waals surface area contributed by atoms with Crippen molar-refractivity contribution in [1.29, 1.82) is 0 Å². The lowest BCUT2D eigenvalue weighted by atomic mass is 10.1. The van der Waals surface area contributed by atoms with Crippen LogP contribution in [-0.2, 0) is 4.79 Å². The van der Waals surface area contributed by atoms with E-state index in [2.05, 4.69) is 0 Å². The predicted octanol–water partition coefficient (Wildman–Crippen LogP) is 0.504. The standard InChI is InChI=1S/C5H6F2O2S/c6-5(7,2-8)3-1-10-4(3)9/h3,8H,1-2H2. The van der Waals surface area contributed by atoms with E-state index in [0.29, 0.717) is 0 Å². The number of carbonyl (C=O) groups excluding carboxylic acids is 1. The summed E-state index contributed by atoms with van der Waals surface area (Å²) in [5.41, 5.74) is 0. The molecule has 1 atom stereocenters. The van der Waals surface area contributed by atoms with Crippen LogP contribution in [0.3, 0.4) is 0 Å². The lowest BCUT2D eigenvalue weighted by molar-refractivity contribution is -0.136. The minimum Gasteiger partial charge on any atom is -0.390 e. The number of halogens is 2. The van der Waals surface area contributed by atoms with Gasteiger partial charge in [0.05, 0.1) is 0 Å². The zero-order chi connectivity index (χ0) is 7.78. The van der Waals surface area contributed by atoms with Gasteiger partial charge in [0.2, 0.25) is 0 Å². The monoisotopic (exact) mass is 168 g/mol. The van der Waals surface area contributed by atoms with E-state index in [-0.39, 0.29) is 5.75 Å². The Bertz CT molecular complexity index is 160. The molecule has 5 heteroatoms. The van der Waals surface area contributed by atoms with Crippen LogP contribution in [0.5, 0.6) is 0 Å². The van der Waals surface area contributed by atoms with E-state index in [1.807, 2.05) is 0 Å². The summed E-state index contributed by atoms with van der Waals surface area (Å²) >= 11 is 0.881. The third-order valence-corrected chi connectivity index (χ3v) is 2.47. The molecule has 1 rings (SSSR count). The van der Waals surface area contributed by atoms with Crippen molar-refractivity contribution in [2.75, 3.05) is 12.4 Å². The summed E-state index contributed by atoms with van der Waals surface area (Å²) in [7, 11) is 0. The third kappa shape index (κ3) is 1.15. The first-order chi connectivity index (χ1) is 4.58. The van der Waals surface area contributed by atoms with Crippen molar-refractivity contribution in [2.45, 2.75) is 5.92 Å². The highest BCUT2D eigenvalue weighted by atomic mass is 32.2. The third-order valence-electron chi connectivity index (χ3n) is 1.40. The summed E-state index contributed by atoms with van der Waals surface area (Å²) in [4.78, 5) is 10.4. The van der Waals surface area contributed by atoms with Crippen LogP contribution in [0.4, 0.5) is 8.78 Å². The van der Waals surface area contributed by atoms with Gasteiger partial charge >= 0.3 is 0 Å². The molecule has 0 aromatic rings. The van der Waals surface area contributed by atoms with Crippen LogP contribution in [0.2, 0.25) is 0 Å². The van der Waals surface area contributed by atoms with Gasteiger partial charge in [-0.3, -0.25) is 4.79 Å². The van der Waals surface area contributed by atoms with Gasteiger partial charge in [-0.05, 0) is 0 Å². The van der Waals surface area contributed by atoms with E-state index < -0.39 is 23.6 Å². The maximum Gasteiger partial charge on any atom is 0.281 e. The number of aliphatic hydroxyl groups excluding tert-OH is 1. The molecule has 1 heterocycles. The molecule has 0 spiro atoms. The van der Waals surface area contributed by atoms with Gasteiger partial charge in [0.1, 0.15) is 12.5 Å². The van der Waals surface area contributed by atoms with Crippen molar-refractivity contribution in [2.24, 2.45) is 5.92 Å². The molecule has 2 nitrogen and oxygen atoms in total. The molecule has 1 fully saturated rings. The molecule has 0 amide bonds. The first kappa shape index (κ1) is 7.94. The first-order valence-electron chi connectivity index (χ1n) is 2.73. The molecular weight excluding hydrogens is 162 g/mol. The van der Waals surface area contributed by atoms with Crippen LogP contribution in [0.15, 0.2) is 0 Å². The first-order valence-corrected chi connectivity index (χ1v) is 3.72. The summed E-state index contributed by atoms with van der Waals surface area (Å²) in [5, 5.41) is 7.62. The van der Waals surface area contributed by atoms with Gasteiger partial charge < -0.3 is 5.11 Å². The molecule has 1 unspecified atom stereocenters. The summed E-state index contributed by atoms with van der Waals surface area (Å²) in [6.07, 6.45) is 0. The fraction of sp³-hybridized carbons (Fsp3) is 0.800. The van der Waals surface area contributed by atoms with Crippen molar-refractivity contribution in [3.8, 4) is 0 Å². The molecule has 10 heavy (non-hydrogen) atoms. The number of rotatable bonds is 2. The van der Waals surface area contributed by atoms with Gasteiger partial charge in [-0.1, -0.05) is 11.8 Å². The summed E-state index contributed by atoms with van der Waals surface area (Å²) in [5.74, 6) is -4.32. The Kier molecular flexibility index (Phi) is 1.96. The van der Waals surface area contributed by atoms with Crippen LogP contribution in [0.1, 0.15) is 0 Å². The highest BCUT2D eigenvalue weighted by molar-refractivity contribution is 8.15. The van der Waals surface area contributed by atoms with E-state index in [1.165, 1.54) is 0 Å². The molecule has 1 aliphatic rings. The number of carbonyl (C=O) groups is 1. The second-order valence-electron chi connectivity index (χ2n) is 2.10. The minimum absolute atomic E-state index is 0.131. The Morgan fingerprint density at radius 1 is 1.80 bits per heavy atom. The number of aliphatic hydroxyl groups is 1. The highest BCUT2D eigenvalue weighted by Gasteiger charge is 2.49. The van der Waals surface area contributed by atoms with Crippen LogP contribution < -0.4 is 0 Å². The van der Waals surface area contributed by atoms with E-state index in [0.717, 1.165) is 11.8 Å². The predicted molar refractivity (Wildman–Crippen MR) is 33.0 cm³/mol. The van der Waals surface area contributed by atoms with Gasteiger partial charge in [0.15, 0.2) is 5.12 Å². The van der Waals surface area contributed by atoms with Crippen LogP contribution in [0, 0.1) is 5.92 Å². The SMILES string of the molecule is O=C1SCC1C(F)(F)CO. The van der Waals surface area contributed by atoms with Crippen LogP contribution >= 0.6 is 11.8 Å². The Labute approximate surface area is 60.6 Å². The quantitative estimate of drug-likeness (QED) is 0.652. The van der Waals surface area contributed by atoms with Crippen molar-refractivity contribution >= 4 is 16.9 Å². The average molecular weight is 168 g/mol. The minimum atomic E-state index is -3.21. The molecule has 0 aromatic heterocycles. The molecule has 1 N–H and O–H groups in total. The fourth-order valence-corrected chi connectivity index (χ4v) is 1.52. The Hall–Kier alpha value is -0.160. The van der Waals surface area contributed by atoms with Crippen LogP contribution in [-0.4, -0.2) is 28.5 Å². The van der Waals surface area contributed by atoms with Crippen molar-refractivity contribution < 1.29 is 18.7 Å². The molecule has 0 bridgehead atoms. The Morgan fingerprint density at radius 2 is 2.40 bits per heavy atom. The maximum absolute atomic E-state index is 12.4. The molecule has 1 aliphatic heterocycles. The summed E-state index contributed by atoms with van der Waals surface area (Å²) in [6, 6.07) is 0. The Morgan fingerprint density at radius 3 is 2.50 bits per heavy atom. The number of hydrogen-bond acceptors (Lipinski definition) is 3. The maximum atomic E-state index is 12.4. The molecule has 0 radical (unpaired) electrons. The van der Waals surface area contributed by atoms with Crippen molar-refractivity contribution in [3.05, 3.63) is 0 Å². The fourth-order valence-electron chi connectivity index (χ4n) is 0.639. The van der Waals surface area contributed by atoms with Crippen LogP contribution in [0.25, 0.3) is 0 Å². The van der Waals surface area contributed by atoms with E-state index in [9.17, 15) is 13.6 Å². The van der Waals surface area contributed by atoms with E-state index in [4.69, 9.17) is 5.11 Å². The summed E-state index contributed by atoms with van der Waals surface area (Å²) < 4.78 is 24.7. The van der Waals surface area contributed by atoms with Gasteiger partial charge in [0.25, 0.3) is 5.92 Å².